The Morgan fingerprint density at radius 1 is 1.22 bits per heavy atom. The van der Waals surface area contributed by atoms with E-state index in [4.69, 9.17) is 11.5 Å². The summed E-state index contributed by atoms with van der Waals surface area (Å²) in [4.78, 5) is 24.7. The number of pyridine rings is 1. The molecular weight excluding hydrogens is 425 g/mol. The highest BCUT2D eigenvalue weighted by Gasteiger charge is 2.28. The minimum atomic E-state index is -4.46. The first-order chi connectivity index (χ1) is 15.2. The van der Waals surface area contributed by atoms with E-state index in [1.54, 1.807) is 6.20 Å². The van der Waals surface area contributed by atoms with E-state index < -0.39 is 18.6 Å². The Labute approximate surface area is 179 Å². The van der Waals surface area contributed by atoms with Crippen LogP contribution in [0.15, 0.2) is 36.7 Å². The molecule has 0 saturated heterocycles. The quantitative estimate of drug-likeness (QED) is 0.371. The summed E-state index contributed by atoms with van der Waals surface area (Å²) in [6, 6.07) is 6.65. The van der Waals surface area contributed by atoms with Gasteiger partial charge in [-0.3, -0.25) is 9.89 Å². The van der Waals surface area contributed by atoms with Crippen LogP contribution in [0.4, 0.5) is 24.7 Å². The van der Waals surface area contributed by atoms with Gasteiger partial charge in [-0.2, -0.15) is 18.3 Å². The molecule has 4 aromatic rings. The van der Waals surface area contributed by atoms with Gasteiger partial charge in [-0.15, -0.1) is 0 Å². The van der Waals surface area contributed by atoms with E-state index in [2.05, 4.69) is 30.5 Å². The van der Waals surface area contributed by atoms with Crippen molar-refractivity contribution in [3.63, 3.8) is 0 Å². The van der Waals surface area contributed by atoms with Crippen molar-refractivity contribution in [1.29, 1.82) is 0 Å². The van der Waals surface area contributed by atoms with Crippen molar-refractivity contribution in [3.05, 3.63) is 47.9 Å². The molecule has 0 aliphatic carbocycles. The molecule has 6 N–H and O–H groups in total. The Balaban J connectivity index is 1.95. The number of halogens is 3. The number of carbonyl (C=O) groups is 1. The summed E-state index contributed by atoms with van der Waals surface area (Å²) in [5, 5.41) is 9.80. The van der Waals surface area contributed by atoms with Crippen LogP contribution in [0, 0.1) is 6.92 Å². The number of aromatic amines is 1. The Morgan fingerprint density at radius 2 is 2.00 bits per heavy atom. The maximum atomic E-state index is 12.7. The fourth-order valence-electron chi connectivity index (χ4n) is 3.32. The number of anilines is 2. The van der Waals surface area contributed by atoms with E-state index in [9.17, 15) is 18.0 Å². The number of fused-ring (bicyclic) bond motifs is 1. The van der Waals surface area contributed by atoms with Gasteiger partial charge in [0.05, 0.1) is 28.7 Å². The largest absolute Gasteiger partial charge is 0.405 e. The number of nitrogens with two attached hydrogens (primary N) is 2. The number of benzene rings is 1. The number of primary amides is 1. The topological polar surface area (TPSA) is 148 Å². The molecule has 0 saturated carbocycles. The average molecular weight is 442 g/mol. The van der Waals surface area contributed by atoms with Gasteiger partial charge in [0, 0.05) is 17.1 Å². The zero-order valence-corrected chi connectivity index (χ0v) is 16.7. The molecule has 3 heterocycles. The monoisotopic (exact) mass is 442 g/mol. The van der Waals surface area contributed by atoms with Crippen molar-refractivity contribution in [2.75, 3.05) is 17.6 Å². The highest BCUT2D eigenvalue weighted by atomic mass is 19.4. The zero-order valence-electron chi connectivity index (χ0n) is 16.7. The summed E-state index contributed by atoms with van der Waals surface area (Å²) >= 11 is 0. The summed E-state index contributed by atoms with van der Waals surface area (Å²) in [7, 11) is 0. The van der Waals surface area contributed by atoms with Gasteiger partial charge in [0.2, 0.25) is 0 Å². The predicted molar refractivity (Wildman–Crippen MR) is 113 cm³/mol. The van der Waals surface area contributed by atoms with E-state index in [1.165, 1.54) is 18.3 Å². The normalized spacial score (nSPS) is 11.6. The van der Waals surface area contributed by atoms with Crippen molar-refractivity contribution in [2.45, 2.75) is 13.1 Å². The number of aromatic nitrogens is 5. The number of H-pyrrole nitrogens is 1. The molecule has 32 heavy (non-hydrogen) atoms. The van der Waals surface area contributed by atoms with Gasteiger partial charge in [0.25, 0.3) is 5.91 Å². The molecule has 4 rings (SSSR count). The molecule has 0 radical (unpaired) electrons. The molecule has 0 aliphatic rings. The lowest BCUT2D eigenvalue weighted by molar-refractivity contribution is -0.115. The maximum absolute atomic E-state index is 12.7. The molecule has 0 atom stereocenters. The first-order valence-corrected chi connectivity index (χ1v) is 9.32. The summed E-state index contributed by atoms with van der Waals surface area (Å²) in [6.45, 7) is 0.516. The first-order valence-electron chi connectivity index (χ1n) is 9.32. The second-order valence-electron chi connectivity index (χ2n) is 6.98. The van der Waals surface area contributed by atoms with Gasteiger partial charge in [0.15, 0.2) is 11.5 Å². The van der Waals surface area contributed by atoms with Gasteiger partial charge < -0.3 is 16.8 Å². The van der Waals surface area contributed by atoms with Crippen LogP contribution in [0.2, 0.25) is 0 Å². The minimum absolute atomic E-state index is 0.0493. The summed E-state index contributed by atoms with van der Waals surface area (Å²) in [5.41, 5.74) is 13.8. The number of nitrogens with zero attached hydrogens (tertiary/aromatic N) is 4. The van der Waals surface area contributed by atoms with Crippen LogP contribution in [0.1, 0.15) is 16.1 Å². The standard InChI is InChI=1S/C20H17F3N8O/c1-9-4-5-12-11(7-28-31-12)13(9)15-14(24)16(17(25)32)30-19(29-15)10-3-2-6-26-18(10)27-8-20(21,22)23/h2-7H,8,24H2,1H3,(H2,25,32)(H,26,27)(H,28,31). The fraction of sp³-hybridized carbons (Fsp3) is 0.150. The maximum Gasteiger partial charge on any atom is 0.405 e. The molecule has 1 aromatic carbocycles. The smallest absolute Gasteiger partial charge is 0.395 e. The third-order valence-electron chi connectivity index (χ3n) is 4.75. The van der Waals surface area contributed by atoms with E-state index in [0.717, 1.165) is 5.56 Å². The van der Waals surface area contributed by atoms with Gasteiger partial charge >= 0.3 is 6.18 Å². The minimum Gasteiger partial charge on any atom is -0.395 e. The number of hydrogen-bond acceptors (Lipinski definition) is 7. The van der Waals surface area contributed by atoms with E-state index >= 15 is 0 Å². The molecule has 9 nitrogen and oxygen atoms in total. The first kappa shape index (κ1) is 21.0. The van der Waals surface area contributed by atoms with Crippen molar-refractivity contribution < 1.29 is 18.0 Å². The molecule has 12 heteroatoms. The van der Waals surface area contributed by atoms with Gasteiger partial charge in [-0.05, 0) is 30.7 Å². The van der Waals surface area contributed by atoms with Gasteiger partial charge in [-0.1, -0.05) is 6.07 Å². The van der Waals surface area contributed by atoms with Crippen molar-refractivity contribution >= 4 is 28.3 Å². The molecule has 3 aromatic heterocycles. The summed E-state index contributed by atoms with van der Waals surface area (Å²) in [6.07, 6.45) is -1.55. The number of carbonyl (C=O) groups excluding carboxylic acids is 1. The van der Waals surface area contributed by atoms with Crippen molar-refractivity contribution in [1.82, 2.24) is 25.1 Å². The van der Waals surface area contributed by atoms with E-state index in [-0.39, 0.29) is 34.3 Å². The van der Waals surface area contributed by atoms with Crippen LogP contribution in [0.25, 0.3) is 33.5 Å². The lowest BCUT2D eigenvalue weighted by Gasteiger charge is -2.15. The summed E-state index contributed by atoms with van der Waals surface area (Å²) < 4.78 is 38.2. The fourth-order valence-corrected chi connectivity index (χ4v) is 3.32. The Morgan fingerprint density at radius 3 is 2.72 bits per heavy atom. The third kappa shape index (κ3) is 3.89. The number of nitrogens with one attached hydrogen (secondary N) is 2. The molecule has 0 fully saturated rings. The second-order valence-corrected chi connectivity index (χ2v) is 6.98. The van der Waals surface area contributed by atoms with Crippen LogP contribution in [-0.4, -0.2) is 43.8 Å². The Kier molecular flexibility index (Phi) is 5.12. The molecule has 0 bridgehead atoms. The predicted octanol–water partition coefficient (Wildman–Crippen LogP) is 3.05. The van der Waals surface area contributed by atoms with E-state index in [0.29, 0.717) is 16.5 Å². The second kappa shape index (κ2) is 7.80. The van der Waals surface area contributed by atoms with Gasteiger partial charge in [0.1, 0.15) is 12.4 Å². The zero-order chi connectivity index (χ0) is 23.0. The lowest BCUT2D eigenvalue weighted by Crippen LogP contribution is -2.22. The number of nitrogen functional groups attached to an aromatic ring is 1. The van der Waals surface area contributed by atoms with Crippen LogP contribution < -0.4 is 16.8 Å². The van der Waals surface area contributed by atoms with Crippen molar-refractivity contribution in [2.24, 2.45) is 5.73 Å². The number of amides is 1. The number of hydrogen-bond donors (Lipinski definition) is 4. The third-order valence-corrected chi connectivity index (χ3v) is 4.75. The molecule has 0 spiro atoms. The van der Waals surface area contributed by atoms with Crippen LogP contribution in [-0.2, 0) is 0 Å². The van der Waals surface area contributed by atoms with Gasteiger partial charge in [-0.25, -0.2) is 15.0 Å². The molecule has 1 amide bonds. The number of rotatable bonds is 5. The highest BCUT2D eigenvalue weighted by Crippen LogP contribution is 2.36. The molecule has 0 unspecified atom stereocenters. The van der Waals surface area contributed by atoms with E-state index in [1.807, 2.05) is 19.1 Å². The Hall–Kier alpha value is -4.22. The van der Waals surface area contributed by atoms with Crippen LogP contribution in [0.3, 0.4) is 0 Å². The van der Waals surface area contributed by atoms with Crippen LogP contribution >= 0.6 is 0 Å². The highest BCUT2D eigenvalue weighted by molar-refractivity contribution is 6.04. The molecular formula is C20H17F3N8O. The number of aryl methyl sites for hydroxylation is 1. The number of alkyl halides is 3. The SMILES string of the molecule is Cc1ccc2[nH]ncc2c1-c1nc(-c2cccnc2NCC(F)(F)F)nc(C(N)=O)c1N. The molecule has 164 valence electrons. The average Bonchev–Trinajstić information content (AvgIpc) is 3.21. The summed E-state index contributed by atoms with van der Waals surface area (Å²) in [5.74, 6) is -1.06. The molecule has 0 aliphatic heterocycles. The van der Waals surface area contributed by atoms with Crippen LogP contribution in [0.5, 0.6) is 0 Å². The Bertz CT molecular complexity index is 1330. The lowest BCUT2D eigenvalue weighted by atomic mass is 9.99. The van der Waals surface area contributed by atoms with Crippen molar-refractivity contribution in [3.8, 4) is 22.6 Å².